The highest BCUT2D eigenvalue weighted by atomic mass is 16.1. The van der Waals surface area contributed by atoms with Crippen LogP contribution in [0.25, 0.3) is 5.57 Å². The Morgan fingerprint density at radius 1 is 1.07 bits per heavy atom. The second kappa shape index (κ2) is 8.87. The number of amides is 1. The third-order valence-electron chi connectivity index (χ3n) is 5.23. The molecule has 0 aliphatic carbocycles. The lowest BCUT2D eigenvalue weighted by molar-refractivity contribution is -0.111. The first-order valence-corrected chi connectivity index (χ1v) is 9.69. The van der Waals surface area contributed by atoms with E-state index in [4.69, 9.17) is 0 Å². The van der Waals surface area contributed by atoms with Gasteiger partial charge in [-0.25, -0.2) is 0 Å². The van der Waals surface area contributed by atoms with Gasteiger partial charge in [0.1, 0.15) is 0 Å². The Kier molecular flexibility index (Phi) is 6.30. The van der Waals surface area contributed by atoms with Gasteiger partial charge in [-0.1, -0.05) is 37.3 Å². The van der Waals surface area contributed by atoms with Gasteiger partial charge in [0.15, 0.2) is 0 Å². The molecule has 0 atom stereocenters. The van der Waals surface area contributed by atoms with Crippen molar-refractivity contribution in [1.82, 2.24) is 4.90 Å². The van der Waals surface area contributed by atoms with Crippen molar-refractivity contribution < 1.29 is 4.79 Å². The van der Waals surface area contributed by atoms with E-state index in [-0.39, 0.29) is 5.91 Å². The molecule has 142 valence electrons. The van der Waals surface area contributed by atoms with Crippen molar-refractivity contribution in [2.45, 2.75) is 20.8 Å². The van der Waals surface area contributed by atoms with E-state index in [0.717, 1.165) is 55.1 Å². The third-order valence-corrected chi connectivity index (χ3v) is 5.23. The molecule has 2 aromatic rings. The van der Waals surface area contributed by atoms with Crippen LogP contribution >= 0.6 is 0 Å². The summed E-state index contributed by atoms with van der Waals surface area (Å²) in [6, 6.07) is 16.3. The largest absolute Gasteiger partial charge is 0.369 e. The molecule has 27 heavy (non-hydrogen) atoms. The van der Waals surface area contributed by atoms with Crippen molar-refractivity contribution in [3.63, 3.8) is 0 Å². The number of hydrogen-bond acceptors (Lipinski definition) is 3. The molecule has 0 aromatic heterocycles. The molecule has 3 rings (SSSR count). The number of rotatable bonds is 5. The summed E-state index contributed by atoms with van der Waals surface area (Å²) in [6.45, 7) is 11.7. The second-order valence-corrected chi connectivity index (χ2v) is 7.10. The number of carbonyl (C=O) groups is 1. The van der Waals surface area contributed by atoms with Crippen LogP contribution in [0.3, 0.4) is 0 Å². The van der Waals surface area contributed by atoms with Gasteiger partial charge in [-0.3, -0.25) is 4.79 Å². The predicted molar refractivity (Wildman–Crippen MR) is 114 cm³/mol. The van der Waals surface area contributed by atoms with Crippen LogP contribution in [0.4, 0.5) is 11.4 Å². The van der Waals surface area contributed by atoms with E-state index in [1.54, 1.807) is 6.08 Å². The van der Waals surface area contributed by atoms with Crippen LogP contribution in [0.15, 0.2) is 54.6 Å². The summed E-state index contributed by atoms with van der Waals surface area (Å²) in [5, 5.41) is 3.02. The van der Waals surface area contributed by atoms with Crippen molar-refractivity contribution in [3.05, 3.63) is 65.7 Å². The van der Waals surface area contributed by atoms with Gasteiger partial charge in [0.05, 0.1) is 0 Å². The molecular formula is C23H29N3O. The Hall–Kier alpha value is -2.59. The second-order valence-electron chi connectivity index (χ2n) is 7.10. The first-order valence-electron chi connectivity index (χ1n) is 9.69. The fourth-order valence-electron chi connectivity index (χ4n) is 3.46. The number of hydrogen-bond donors (Lipinski definition) is 1. The molecule has 1 saturated heterocycles. The Morgan fingerprint density at radius 2 is 1.78 bits per heavy atom. The molecule has 1 aliphatic rings. The highest BCUT2D eigenvalue weighted by molar-refractivity contribution is 6.04. The molecule has 1 amide bonds. The number of carbonyl (C=O) groups excluding carboxylic acids is 1. The maximum atomic E-state index is 12.4. The maximum Gasteiger partial charge on any atom is 0.248 e. The molecule has 1 heterocycles. The zero-order chi connectivity index (χ0) is 19.2. The van der Waals surface area contributed by atoms with Crippen molar-refractivity contribution in [1.29, 1.82) is 0 Å². The molecule has 4 nitrogen and oxygen atoms in total. The molecule has 1 fully saturated rings. The molecule has 1 N–H and O–H groups in total. The van der Waals surface area contributed by atoms with Crippen molar-refractivity contribution in [3.8, 4) is 0 Å². The molecule has 0 spiro atoms. The summed E-state index contributed by atoms with van der Waals surface area (Å²) in [4.78, 5) is 17.3. The molecular weight excluding hydrogens is 334 g/mol. The Labute approximate surface area is 162 Å². The minimum Gasteiger partial charge on any atom is -0.369 e. The average molecular weight is 364 g/mol. The molecule has 2 aromatic carbocycles. The van der Waals surface area contributed by atoms with Gasteiger partial charge < -0.3 is 15.1 Å². The van der Waals surface area contributed by atoms with Gasteiger partial charge in [-0.2, -0.15) is 0 Å². The SMILES string of the molecule is CCN1CCN(c2ccc(NC(=O)C=C(C)c3ccccc3)c(C)c2)CC1. The van der Waals surface area contributed by atoms with Crippen LogP contribution in [0.2, 0.25) is 0 Å². The standard InChI is InChI=1S/C23H29N3O/c1-4-25-12-14-26(15-13-25)21-10-11-22(19(3)16-21)24-23(27)17-18(2)20-8-6-5-7-9-20/h5-11,16-17H,4,12-15H2,1-3H3,(H,24,27). The smallest absolute Gasteiger partial charge is 0.248 e. The number of anilines is 2. The lowest BCUT2D eigenvalue weighted by Gasteiger charge is -2.35. The van der Waals surface area contributed by atoms with E-state index in [9.17, 15) is 4.79 Å². The number of allylic oxidation sites excluding steroid dienone is 1. The quantitative estimate of drug-likeness (QED) is 0.810. The van der Waals surface area contributed by atoms with Crippen LogP contribution in [0, 0.1) is 6.92 Å². The number of likely N-dealkylation sites (N-methyl/N-ethyl adjacent to an activating group) is 1. The monoisotopic (exact) mass is 363 g/mol. The van der Waals surface area contributed by atoms with Gasteiger partial charge in [-0.15, -0.1) is 0 Å². The summed E-state index contributed by atoms with van der Waals surface area (Å²) in [5.41, 5.74) is 5.21. The Bertz CT molecular complexity index is 806. The van der Waals surface area contributed by atoms with Crippen molar-refractivity contribution >= 4 is 22.9 Å². The molecule has 0 radical (unpaired) electrons. The maximum absolute atomic E-state index is 12.4. The zero-order valence-corrected chi connectivity index (χ0v) is 16.5. The fraction of sp³-hybridized carbons (Fsp3) is 0.348. The highest BCUT2D eigenvalue weighted by Crippen LogP contribution is 2.24. The predicted octanol–water partition coefficient (Wildman–Crippen LogP) is 4.18. The van der Waals surface area contributed by atoms with Crippen LogP contribution in [0.5, 0.6) is 0 Å². The van der Waals surface area contributed by atoms with Crippen molar-refractivity contribution in [2.75, 3.05) is 42.9 Å². The highest BCUT2D eigenvalue weighted by Gasteiger charge is 2.16. The minimum atomic E-state index is -0.0937. The first kappa shape index (κ1) is 19.2. The van der Waals surface area contributed by atoms with Crippen LogP contribution in [0.1, 0.15) is 25.0 Å². The molecule has 1 aliphatic heterocycles. The van der Waals surface area contributed by atoms with Gasteiger partial charge in [-0.05, 0) is 55.3 Å². The van der Waals surface area contributed by atoms with Crippen LogP contribution in [-0.2, 0) is 4.79 Å². The third kappa shape index (κ3) is 4.98. The summed E-state index contributed by atoms with van der Waals surface area (Å²) >= 11 is 0. The van der Waals surface area contributed by atoms with E-state index in [1.165, 1.54) is 5.69 Å². The number of benzene rings is 2. The van der Waals surface area contributed by atoms with Gasteiger partial charge in [0, 0.05) is 43.6 Å². The summed E-state index contributed by atoms with van der Waals surface area (Å²) in [6.07, 6.45) is 1.66. The van der Waals surface area contributed by atoms with Gasteiger partial charge in [0.25, 0.3) is 0 Å². The van der Waals surface area contributed by atoms with Crippen LogP contribution in [-0.4, -0.2) is 43.5 Å². The van der Waals surface area contributed by atoms with E-state index < -0.39 is 0 Å². The van der Waals surface area contributed by atoms with E-state index in [0.29, 0.717) is 0 Å². The number of nitrogens with zero attached hydrogens (tertiary/aromatic N) is 2. The Balaban J connectivity index is 1.65. The lowest BCUT2D eigenvalue weighted by Crippen LogP contribution is -2.46. The average Bonchev–Trinajstić information content (AvgIpc) is 2.70. The lowest BCUT2D eigenvalue weighted by atomic mass is 10.1. The van der Waals surface area contributed by atoms with Crippen LogP contribution < -0.4 is 10.2 Å². The Morgan fingerprint density at radius 3 is 2.41 bits per heavy atom. The summed E-state index contributed by atoms with van der Waals surface area (Å²) < 4.78 is 0. The topological polar surface area (TPSA) is 35.6 Å². The fourth-order valence-corrected chi connectivity index (χ4v) is 3.46. The molecule has 0 unspecified atom stereocenters. The van der Waals surface area contributed by atoms with Crippen molar-refractivity contribution in [2.24, 2.45) is 0 Å². The van der Waals surface area contributed by atoms with Gasteiger partial charge in [0.2, 0.25) is 5.91 Å². The number of nitrogens with one attached hydrogen (secondary N) is 1. The normalized spacial score (nSPS) is 15.7. The summed E-state index contributed by atoms with van der Waals surface area (Å²) in [5.74, 6) is -0.0937. The molecule has 0 bridgehead atoms. The number of piperazine rings is 1. The molecule has 4 heteroatoms. The first-order chi connectivity index (χ1) is 13.1. The molecule has 0 saturated carbocycles. The van der Waals surface area contributed by atoms with E-state index >= 15 is 0 Å². The summed E-state index contributed by atoms with van der Waals surface area (Å²) in [7, 11) is 0. The zero-order valence-electron chi connectivity index (χ0n) is 16.5. The minimum absolute atomic E-state index is 0.0937. The van der Waals surface area contributed by atoms with Gasteiger partial charge >= 0.3 is 0 Å². The van der Waals surface area contributed by atoms with E-state index in [1.807, 2.05) is 43.3 Å². The number of aryl methyl sites for hydroxylation is 1. The van der Waals surface area contributed by atoms with E-state index in [2.05, 4.69) is 41.1 Å².